The van der Waals surface area contributed by atoms with E-state index in [0.29, 0.717) is 0 Å². The summed E-state index contributed by atoms with van der Waals surface area (Å²) in [7, 11) is 0. The van der Waals surface area contributed by atoms with Crippen molar-refractivity contribution in [3.05, 3.63) is 230 Å². The number of benzene rings is 10. The van der Waals surface area contributed by atoms with E-state index in [4.69, 9.17) is 0 Å². The highest BCUT2D eigenvalue weighted by molar-refractivity contribution is 7.05. The van der Waals surface area contributed by atoms with Gasteiger partial charge >= 0.3 is 13.7 Å². The topological polar surface area (TPSA) is 16.2 Å². The lowest BCUT2D eigenvalue weighted by atomic mass is 9.28. The molecule has 70 heavy (non-hydrogen) atoms. The normalized spacial score (nSPS) is 14.2. The van der Waals surface area contributed by atoms with Crippen LogP contribution >= 0.6 is 0 Å². The van der Waals surface area contributed by atoms with Gasteiger partial charge in [-0.25, -0.2) is 0 Å². The van der Waals surface area contributed by atoms with E-state index in [9.17, 15) is 0 Å². The van der Waals surface area contributed by atoms with E-state index in [2.05, 4.69) is 257 Å². The zero-order chi connectivity index (χ0) is 45.9. The largest absolute Gasteiger partial charge is 0.376 e. The van der Waals surface area contributed by atoms with Gasteiger partial charge in [0.25, 0.3) is 6.71 Å². The molecule has 0 radical (unpaired) electrons. The van der Waals surface area contributed by atoms with Crippen molar-refractivity contribution in [1.29, 1.82) is 0 Å². The molecule has 6 aliphatic heterocycles. The van der Waals surface area contributed by atoms with Gasteiger partial charge in [-0.2, -0.15) is 0 Å². The summed E-state index contributed by atoms with van der Waals surface area (Å²) in [5.41, 5.74) is 30.3. The van der Waals surface area contributed by atoms with Crippen molar-refractivity contribution in [2.45, 2.75) is 13.8 Å². The van der Waals surface area contributed by atoms with Crippen molar-refractivity contribution in [2.75, 3.05) is 24.3 Å². The number of hydrogen-bond donors (Lipinski definition) is 0. The molecule has 0 atom stereocenters. The molecule has 0 N–H and O–H groups in total. The molecule has 10 aromatic carbocycles. The Morgan fingerprint density at radius 1 is 0.329 bits per heavy atom. The Kier molecular flexibility index (Phi) is 7.67. The third kappa shape index (κ3) is 4.90. The summed E-state index contributed by atoms with van der Waals surface area (Å²) in [6, 6.07) is 82.5. The van der Waals surface area contributed by atoms with Gasteiger partial charge in [0, 0.05) is 73.8 Å². The Labute approximate surface area is 409 Å². The van der Waals surface area contributed by atoms with Crippen LogP contribution in [-0.2, 0) is 0 Å². The van der Waals surface area contributed by atoms with Gasteiger partial charge in [0.1, 0.15) is 0 Å². The molecule has 0 fully saturated rings. The smallest absolute Gasteiger partial charge is 0.333 e. The molecule has 0 unspecified atom stereocenters. The Bertz CT molecular complexity index is 3620. The predicted molar refractivity (Wildman–Crippen MR) is 297 cm³/mol. The molecule has 10 aromatic rings. The van der Waals surface area contributed by atoms with Gasteiger partial charge in [0.2, 0.25) is 0 Å². The fourth-order valence-corrected chi connectivity index (χ4v) is 13.4. The summed E-state index contributed by atoms with van der Waals surface area (Å²) in [6.45, 7) is 4.10. The first-order valence-corrected chi connectivity index (χ1v) is 24.6. The monoisotopic (exact) mass is 889 g/mol. The molecule has 0 saturated heterocycles. The second-order valence-corrected chi connectivity index (χ2v) is 19.7. The highest BCUT2D eigenvalue weighted by Gasteiger charge is 2.58. The lowest BCUT2D eigenvalue weighted by Crippen LogP contribution is -2.74. The molecule has 6 heterocycles. The Hall–Kier alpha value is -8.61. The van der Waals surface area contributed by atoms with Gasteiger partial charge in [0.15, 0.2) is 0 Å². The van der Waals surface area contributed by atoms with Gasteiger partial charge in [-0.05, 0) is 143 Å². The Morgan fingerprint density at radius 3 is 1.13 bits per heavy atom. The van der Waals surface area contributed by atoms with E-state index in [1.54, 1.807) is 0 Å². The van der Waals surface area contributed by atoms with Gasteiger partial charge in [-0.1, -0.05) is 145 Å². The van der Waals surface area contributed by atoms with Crippen LogP contribution in [0.4, 0.5) is 73.9 Å². The van der Waals surface area contributed by atoms with E-state index in [1.165, 1.54) is 106 Å². The molecule has 324 valence electrons. The zero-order valence-electron chi connectivity index (χ0n) is 38.8. The lowest BCUT2D eigenvalue weighted by molar-refractivity contribution is 1.22. The predicted octanol–water partition coefficient (Wildman–Crippen LogP) is 10.7. The van der Waals surface area contributed by atoms with Crippen molar-refractivity contribution < 1.29 is 0 Å². The molecule has 0 aliphatic carbocycles. The molecule has 0 bridgehead atoms. The van der Waals surface area contributed by atoms with E-state index < -0.39 is 0 Å². The summed E-state index contributed by atoms with van der Waals surface area (Å²) in [5.74, 6) is 0. The molecule has 0 aromatic heterocycles. The van der Waals surface area contributed by atoms with E-state index in [0.717, 1.165) is 28.4 Å². The number of hydrogen-bond acceptors (Lipinski definition) is 5. The van der Waals surface area contributed by atoms with Crippen LogP contribution in [0.5, 0.6) is 0 Å². The number of aryl methyl sites for hydroxylation is 2. The van der Waals surface area contributed by atoms with Crippen molar-refractivity contribution >= 4 is 133 Å². The minimum absolute atomic E-state index is 0.0290. The van der Waals surface area contributed by atoms with E-state index >= 15 is 0 Å². The maximum absolute atomic E-state index is 2.70. The Morgan fingerprint density at radius 2 is 0.700 bits per heavy atom. The maximum atomic E-state index is 2.70. The number of nitrogens with zero attached hydrogens (tertiary/aromatic N) is 5. The maximum Gasteiger partial charge on any atom is 0.333 e. The van der Waals surface area contributed by atoms with Crippen LogP contribution in [-0.4, -0.2) is 20.4 Å². The second kappa shape index (κ2) is 14.0. The summed E-state index contributed by atoms with van der Waals surface area (Å²) < 4.78 is 0. The fourth-order valence-electron chi connectivity index (χ4n) is 13.4. The molecule has 16 rings (SSSR count). The van der Waals surface area contributed by atoms with Crippen LogP contribution in [0.3, 0.4) is 0 Å². The number of para-hydroxylation sites is 6. The third-order valence-corrected chi connectivity index (χ3v) is 16.0. The van der Waals surface area contributed by atoms with Crippen molar-refractivity contribution in [3.63, 3.8) is 0 Å². The summed E-state index contributed by atoms with van der Waals surface area (Å²) in [5, 5.41) is 0. The minimum atomic E-state index is -0.137. The van der Waals surface area contributed by atoms with Gasteiger partial charge < -0.3 is 24.3 Å². The van der Waals surface area contributed by atoms with E-state index in [-0.39, 0.29) is 20.4 Å². The number of anilines is 13. The second-order valence-electron chi connectivity index (χ2n) is 19.7. The number of fused-ring (bicyclic) bond motifs is 12. The SMILES string of the molecule is Cc1ccc(N(c2ccc(C)cc2)c2cc3c4c(c2)N(c2ccccc2)B2c5ccccc5N5c6ccccc6B6c7ccccc7N7c8ccccc8B(c8c-4c2c5c6c87)N3c2ccccc2)cc1. The fraction of sp³-hybridized carbons (Fsp3) is 0.0323. The first-order valence-electron chi connectivity index (χ1n) is 24.6. The van der Waals surface area contributed by atoms with Crippen LogP contribution in [0.1, 0.15) is 11.1 Å². The third-order valence-electron chi connectivity index (χ3n) is 16.0. The van der Waals surface area contributed by atoms with Crippen LogP contribution in [0.2, 0.25) is 0 Å². The molecule has 0 spiro atoms. The van der Waals surface area contributed by atoms with E-state index in [1.807, 2.05) is 0 Å². The quantitative estimate of drug-likeness (QED) is 0.160. The summed E-state index contributed by atoms with van der Waals surface area (Å²) >= 11 is 0. The van der Waals surface area contributed by atoms with Crippen LogP contribution in [0.15, 0.2) is 218 Å². The van der Waals surface area contributed by atoms with Crippen molar-refractivity contribution in [3.8, 4) is 11.1 Å². The van der Waals surface area contributed by atoms with Crippen LogP contribution in [0, 0.1) is 13.8 Å². The minimum Gasteiger partial charge on any atom is -0.376 e. The van der Waals surface area contributed by atoms with Crippen LogP contribution < -0.4 is 62.6 Å². The highest BCUT2D eigenvalue weighted by Crippen LogP contribution is 2.57. The molecular weight excluding hydrogens is 847 g/mol. The zero-order valence-corrected chi connectivity index (χ0v) is 38.8. The first-order chi connectivity index (χ1) is 34.6. The summed E-state index contributed by atoms with van der Waals surface area (Å²) in [6.07, 6.45) is 0. The first kappa shape index (κ1) is 38.4. The molecule has 5 nitrogen and oxygen atoms in total. The molecule has 0 saturated carbocycles. The van der Waals surface area contributed by atoms with Gasteiger partial charge in [0.05, 0.1) is 5.69 Å². The molecule has 8 heteroatoms. The van der Waals surface area contributed by atoms with Crippen molar-refractivity contribution in [2.24, 2.45) is 0 Å². The summed E-state index contributed by atoms with van der Waals surface area (Å²) in [4.78, 5) is 13.2. The molecule has 0 amide bonds. The lowest BCUT2D eigenvalue weighted by Gasteiger charge is -2.56. The average Bonchev–Trinajstić information content (AvgIpc) is 3.42. The number of rotatable bonds is 5. The average molecular weight is 889 g/mol. The Balaban J connectivity index is 1.13. The highest BCUT2D eigenvalue weighted by atomic mass is 15.2. The van der Waals surface area contributed by atoms with Gasteiger partial charge in [-0.15, -0.1) is 0 Å². The van der Waals surface area contributed by atoms with Crippen LogP contribution in [0.25, 0.3) is 11.1 Å². The molecule has 6 aliphatic rings. The standard InChI is InChI=1S/C62H42B3N5/c1-39-29-33-41(34-30-39)66(42-35-31-40(2)32-36-42)45-37-54-56-55(38-45)70(44-19-7-4-8-20-44)65-49-24-12-16-28-53(49)68-51-26-14-10-22-47(51)63-46-21-9-13-25-50(46)67-52-27-15-11-23-48(52)64(69(54)43-17-5-3-6-18-43)58-57(56)59(65)62(68)60(63)61(58)67/h3-38H,1-2H3. The molecular formula is C62H42B3N5. The van der Waals surface area contributed by atoms with Gasteiger partial charge in [-0.3, -0.25) is 0 Å². The van der Waals surface area contributed by atoms with Crippen molar-refractivity contribution in [1.82, 2.24) is 0 Å².